The monoisotopic (exact) mass is 196 g/mol. The van der Waals surface area contributed by atoms with Crippen LogP contribution >= 0.6 is 0 Å². The minimum atomic E-state index is -0.219. The molecular formula is C11H16O3. The number of esters is 1. The number of hydrogen-bond acceptors (Lipinski definition) is 3. The summed E-state index contributed by atoms with van der Waals surface area (Å²) < 4.78 is 9.94. The maximum atomic E-state index is 10.7. The Hall–Kier alpha value is -1.25. The van der Waals surface area contributed by atoms with E-state index in [2.05, 4.69) is 0 Å². The van der Waals surface area contributed by atoms with Crippen LogP contribution in [0.25, 0.3) is 0 Å². The molecule has 0 radical (unpaired) electrons. The number of hydrogen-bond donors (Lipinski definition) is 0. The third-order valence-electron chi connectivity index (χ3n) is 2.09. The van der Waals surface area contributed by atoms with Crippen molar-refractivity contribution in [1.29, 1.82) is 0 Å². The van der Waals surface area contributed by atoms with Gasteiger partial charge in [0.05, 0.1) is 13.4 Å². The van der Waals surface area contributed by atoms with Gasteiger partial charge in [0.25, 0.3) is 0 Å². The summed E-state index contributed by atoms with van der Waals surface area (Å²) in [5.41, 5.74) is 1.17. The van der Waals surface area contributed by atoms with Gasteiger partial charge in [-0.25, -0.2) is 0 Å². The molecule has 0 heterocycles. The van der Waals surface area contributed by atoms with Crippen LogP contribution < -0.4 is 0 Å². The van der Waals surface area contributed by atoms with Crippen LogP contribution in [0.2, 0.25) is 0 Å². The van der Waals surface area contributed by atoms with Gasteiger partial charge < -0.3 is 9.47 Å². The van der Waals surface area contributed by atoms with Gasteiger partial charge in [-0.2, -0.15) is 0 Å². The number of carbonyl (C=O) groups excluding carboxylic acids is 1. The van der Waals surface area contributed by atoms with Gasteiger partial charge in [0.1, 0.15) is 6.10 Å². The lowest BCUT2D eigenvalue weighted by molar-refractivity contribution is -0.144. The molecule has 0 aromatic carbocycles. The zero-order valence-corrected chi connectivity index (χ0v) is 8.66. The molecule has 3 nitrogen and oxygen atoms in total. The number of ether oxygens (including phenoxy) is 2. The summed E-state index contributed by atoms with van der Waals surface area (Å²) in [6, 6.07) is 0. The Bertz CT molecular complexity index is 253. The first-order valence-electron chi connectivity index (χ1n) is 4.79. The molecular weight excluding hydrogens is 180 g/mol. The average molecular weight is 196 g/mol. The molecule has 0 amide bonds. The average Bonchev–Trinajstić information content (AvgIpc) is 2.14. The second kappa shape index (κ2) is 5.47. The van der Waals surface area contributed by atoms with E-state index in [4.69, 9.17) is 9.47 Å². The van der Waals surface area contributed by atoms with Crippen LogP contribution in [0.1, 0.15) is 26.2 Å². The van der Waals surface area contributed by atoms with Gasteiger partial charge >= 0.3 is 5.97 Å². The lowest BCUT2D eigenvalue weighted by Gasteiger charge is -2.19. The maximum Gasteiger partial charge on any atom is 0.303 e. The largest absolute Gasteiger partial charge is 0.504 e. The summed E-state index contributed by atoms with van der Waals surface area (Å²) in [4.78, 5) is 10.7. The Labute approximate surface area is 84.4 Å². The standard InChI is InChI=1S/C11H16O3/c1-9(12)14-11-5-3-4-10(8-11)6-7-13-2/h6-8,11H,3-5H2,1-2H3/b7-6+/t11-/m0/s1. The van der Waals surface area contributed by atoms with Crippen molar-refractivity contribution in [1.82, 2.24) is 0 Å². The van der Waals surface area contributed by atoms with E-state index in [-0.39, 0.29) is 12.1 Å². The Morgan fingerprint density at radius 3 is 3.07 bits per heavy atom. The van der Waals surface area contributed by atoms with Crippen molar-refractivity contribution in [2.45, 2.75) is 32.3 Å². The molecule has 1 rings (SSSR count). The fraction of sp³-hybridized carbons (Fsp3) is 0.545. The molecule has 0 bridgehead atoms. The fourth-order valence-corrected chi connectivity index (χ4v) is 1.51. The smallest absolute Gasteiger partial charge is 0.303 e. The van der Waals surface area contributed by atoms with Crippen molar-refractivity contribution >= 4 is 5.97 Å². The number of rotatable bonds is 3. The van der Waals surface area contributed by atoms with Gasteiger partial charge in [-0.1, -0.05) is 0 Å². The molecule has 0 fully saturated rings. The molecule has 0 unspecified atom stereocenters. The maximum absolute atomic E-state index is 10.7. The molecule has 0 aromatic heterocycles. The van der Waals surface area contributed by atoms with Gasteiger partial charge in [0.15, 0.2) is 0 Å². The van der Waals surface area contributed by atoms with E-state index in [1.165, 1.54) is 12.5 Å². The normalized spacial score (nSPS) is 21.9. The summed E-state index contributed by atoms with van der Waals surface area (Å²) >= 11 is 0. The first kappa shape index (κ1) is 10.8. The van der Waals surface area contributed by atoms with Crippen molar-refractivity contribution in [3.8, 4) is 0 Å². The molecule has 3 heteroatoms. The summed E-state index contributed by atoms with van der Waals surface area (Å²) in [7, 11) is 1.61. The number of methoxy groups -OCH3 is 1. The summed E-state index contributed by atoms with van der Waals surface area (Å²) in [5, 5.41) is 0. The van der Waals surface area contributed by atoms with Crippen LogP contribution in [0.5, 0.6) is 0 Å². The molecule has 0 aliphatic heterocycles. The van der Waals surface area contributed by atoms with Crippen molar-refractivity contribution in [2.24, 2.45) is 0 Å². The fourth-order valence-electron chi connectivity index (χ4n) is 1.51. The Balaban J connectivity index is 2.54. The molecule has 1 aliphatic rings. The van der Waals surface area contributed by atoms with Gasteiger partial charge in [-0.15, -0.1) is 0 Å². The third kappa shape index (κ3) is 3.64. The first-order valence-corrected chi connectivity index (χ1v) is 4.79. The highest BCUT2D eigenvalue weighted by molar-refractivity contribution is 5.66. The van der Waals surface area contributed by atoms with E-state index < -0.39 is 0 Å². The third-order valence-corrected chi connectivity index (χ3v) is 2.09. The van der Waals surface area contributed by atoms with Gasteiger partial charge in [-0.05, 0) is 37.0 Å². The van der Waals surface area contributed by atoms with E-state index in [1.54, 1.807) is 13.4 Å². The van der Waals surface area contributed by atoms with E-state index in [0.29, 0.717) is 0 Å². The zero-order chi connectivity index (χ0) is 10.4. The molecule has 78 valence electrons. The molecule has 1 aliphatic carbocycles. The van der Waals surface area contributed by atoms with Gasteiger partial charge in [0, 0.05) is 6.92 Å². The predicted molar refractivity (Wildman–Crippen MR) is 53.6 cm³/mol. The van der Waals surface area contributed by atoms with Gasteiger partial charge in [-0.3, -0.25) is 4.79 Å². The highest BCUT2D eigenvalue weighted by Crippen LogP contribution is 2.21. The first-order chi connectivity index (χ1) is 6.72. The van der Waals surface area contributed by atoms with Crippen LogP contribution in [-0.2, 0) is 14.3 Å². The zero-order valence-electron chi connectivity index (χ0n) is 8.66. The predicted octanol–water partition coefficient (Wildman–Crippen LogP) is 2.19. The molecule has 0 N–H and O–H groups in total. The van der Waals surface area contributed by atoms with Crippen LogP contribution in [0.15, 0.2) is 24.0 Å². The van der Waals surface area contributed by atoms with E-state index >= 15 is 0 Å². The Kier molecular flexibility index (Phi) is 4.23. The molecule has 0 aromatic rings. The molecule has 1 atom stereocenters. The second-order valence-corrected chi connectivity index (χ2v) is 3.32. The molecule has 0 saturated carbocycles. The van der Waals surface area contributed by atoms with E-state index in [9.17, 15) is 4.79 Å². The van der Waals surface area contributed by atoms with Crippen molar-refractivity contribution < 1.29 is 14.3 Å². The second-order valence-electron chi connectivity index (χ2n) is 3.32. The lowest BCUT2D eigenvalue weighted by atomic mass is 9.97. The molecule has 0 saturated heterocycles. The topological polar surface area (TPSA) is 35.5 Å². The summed E-state index contributed by atoms with van der Waals surface area (Å²) in [6.07, 6.45) is 8.48. The quantitative estimate of drug-likeness (QED) is 0.512. The highest BCUT2D eigenvalue weighted by Gasteiger charge is 2.14. The summed E-state index contributed by atoms with van der Waals surface area (Å²) in [6.45, 7) is 1.44. The Morgan fingerprint density at radius 1 is 1.64 bits per heavy atom. The summed E-state index contributed by atoms with van der Waals surface area (Å²) in [5.74, 6) is -0.219. The van der Waals surface area contributed by atoms with E-state index in [1.807, 2.05) is 12.2 Å². The number of allylic oxidation sites excluding steroid dienone is 2. The molecule has 0 spiro atoms. The Morgan fingerprint density at radius 2 is 2.43 bits per heavy atom. The van der Waals surface area contributed by atoms with E-state index in [0.717, 1.165) is 19.3 Å². The molecule has 14 heavy (non-hydrogen) atoms. The minimum Gasteiger partial charge on any atom is -0.504 e. The highest BCUT2D eigenvalue weighted by atomic mass is 16.5. The lowest BCUT2D eigenvalue weighted by Crippen LogP contribution is -2.16. The van der Waals surface area contributed by atoms with Crippen LogP contribution in [-0.4, -0.2) is 19.2 Å². The minimum absolute atomic E-state index is 0.0576. The number of carbonyl (C=O) groups is 1. The van der Waals surface area contributed by atoms with Crippen molar-refractivity contribution in [3.63, 3.8) is 0 Å². The SMILES string of the molecule is CO/C=C/C1=C[C@@H](OC(C)=O)CCC1. The van der Waals surface area contributed by atoms with Gasteiger partial charge in [0.2, 0.25) is 0 Å². The van der Waals surface area contributed by atoms with Crippen molar-refractivity contribution in [3.05, 3.63) is 24.0 Å². The van der Waals surface area contributed by atoms with Crippen LogP contribution in [0.3, 0.4) is 0 Å². The van der Waals surface area contributed by atoms with Crippen LogP contribution in [0.4, 0.5) is 0 Å². The van der Waals surface area contributed by atoms with Crippen molar-refractivity contribution in [2.75, 3.05) is 7.11 Å². The van der Waals surface area contributed by atoms with Crippen LogP contribution in [0, 0.1) is 0 Å².